The Morgan fingerprint density at radius 3 is 2.47 bits per heavy atom. The zero-order valence-electron chi connectivity index (χ0n) is 8.10. The highest BCUT2D eigenvalue weighted by Crippen LogP contribution is 2.15. The lowest BCUT2D eigenvalue weighted by molar-refractivity contribution is -0.510. The molecule has 2 heterocycles. The largest absolute Gasteiger partial charge is 1.00 e. The van der Waals surface area contributed by atoms with Gasteiger partial charge >= 0.3 is 0 Å². The van der Waals surface area contributed by atoms with Crippen LogP contribution in [0.4, 0.5) is 0 Å². The first-order chi connectivity index (χ1) is 6.95. The molecule has 1 nitrogen and oxygen atoms in total. The highest BCUT2D eigenvalue weighted by molar-refractivity contribution is 5.93. The monoisotopic (exact) mass is 215 g/mol. The van der Waals surface area contributed by atoms with Gasteiger partial charge in [0.2, 0.25) is 5.52 Å². The Morgan fingerprint density at radius 1 is 0.733 bits per heavy atom. The van der Waals surface area contributed by atoms with Crippen LogP contribution in [0.15, 0.2) is 60.9 Å². The Morgan fingerprint density at radius 2 is 1.53 bits per heavy atom. The highest BCUT2D eigenvalue weighted by Gasteiger charge is 2.04. The van der Waals surface area contributed by atoms with Crippen LogP contribution in [0.5, 0.6) is 0 Å². The van der Waals surface area contributed by atoms with Crippen molar-refractivity contribution < 1.29 is 16.8 Å². The second kappa shape index (κ2) is 3.87. The van der Waals surface area contributed by atoms with Gasteiger partial charge in [0.05, 0.1) is 5.39 Å². The molecule has 0 aliphatic carbocycles. The normalized spacial score (nSPS) is 10.1. The summed E-state index contributed by atoms with van der Waals surface area (Å²) in [4.78, 5) is 0. The first-order valence-corrected chi connectivity index (χ1v) is 4.73. The number of nitrogens with zero attached hydrogens (tertiary/aromatic N) is 1. The SMILES string of the molecule is [Cl-].c1ccc2c(c1)cc[n+]1ccccc21. The third kappa shape index (κ3) is 1.55. The Bertz CT molecular complexity index is 550. The maximum atomic E-state index is 2.16. The minimum atomic E-state index is 0. The summed E-state index contributed by atoms with van der Waals surface area (Å²) in [5.74, 6) is 0. The molecule has 0 aliphatic heterocycles. The van der Waals surface area contributed by atoms with Gasteiger partial charge in [-0.05, 0) is 17.5 Å². The second-order valence-corrected chi connectivity index (χ2v) is 3.40. The molecule has 0 spiro atoms. The molecule has 0 bridgehead atoms. The maximum absolute atomic E-state index is 2.16. The molecule has 3 rings (SSSR count). The molecular weight excluding hydrogens is 206 g/mol. The van der Waals surface area contributed by atoms with Crippen LogP contribution >= 0.6 is 0 Å². The Labute approximate surface area is 94.4 Å². The van der Waals surface area contributed by atoms with Gasteiger partial charge in [-0.25, -0.2) is 0 Å². The van der Waals surface area contributed by atoms with Gasteiger partial charge in [-0.1, -0.05) is 18.2 Å². The number of hydrogen-bond donors (Lipinski definition) is 0. The van der Waals surface area contributed by atoms with E-state index in [1.54, 1.807) is 0 Å². The highest BCUT2D eigenvalue weighted by atomic mass is 35.5. The van der Waals surface area contributed by atoms with Gasteiger partial charge in [-0.3, -0.25) is 0 Å². The van der Waals surface area contributed by atoms with Crippen LogP contribution in [0, 0.1) is 0 Å². The fourth-order valence-electron chi connectivity index (χ4n) is 1.85. The molecule has 0 N–H and O–H groups in total. The summed E-state index contributed by atoms with van der Waals surface area (Å²) in [5, 5.41) is 2.59. The topological polar surface area (TPSA) is 4.10 Å². The number of aromatic nitrogens is 1. The van der Waals surface area contributed by atoms with Gasteiger partial charge in [-0.2, -0.15) is 4.40 Å². The third-order valence-corrected chi connectivity index (χ3v) is 2.54. The second-order valence-electron chi connectivity index (χ2n) is 3.40. The lowest BCUT2D eigenvalue weighted by atomic mass is 10.1. The van der Waals surface area contributed by atoms with Gasteiger partial charge in [0.25, 0.3) is 0 Å². The van der Waals surface area contributed by atoms with Crippen molar-refractivity contribution in [2.24, 2.45) is 0 Å². The minimum Gasteiger partial charge on any atom is -1.00 e. The number of fused-ring (bicyclic) bond motifs is 3. The van der Waals surface area contributed by atoms with Crippen molar-refractivity contribution in [3.63, 3.8) is 0 Å². The number of benzene rings is 1. The zero-order valence-corrected chi connectivity index (χ0v) is 8.85. The summed E-state index contributed by atoms with van der Waals surface area (Å²) in [7, 11) is 0. The number of hydrogen-bond acceptors (Lipinski definition) is 0. The third-order valence-electron chi connectivity index (χ3n) is 2.54. The molecule has 0 unspecified atom stereocenters. The predicted octanol–water partition coefficient (Wildman–Crippen LogP) is -0.417. The smallest absolute Gasteiger partial charge is 0.218 e. The summed E-state index contributed by atoms with van der Waals surface area (Å²) in [6, 6.07) is 16.8. The lowest BCUT2D eigenvalue weighted by Gasteiger charge is -1.96. The zero-order chi connectivity index (χ0) is 9.38. The van der Waals surface area contributed by atoms with Gasteiger partial charge in [0, 0.05) is 18.2 Å². The van der Waals surface area contributed by atoms with Crippen molar-refractivity contribution in [3.05, 3.63) is 60.9 Å². The number of pyridine rings is 2. The van der Waals surface area contributed by atoms with Crippen LogP contribution in [0.1, 0.15) is 0 Å². The van der Waals surface area contributed by atoms with Crippen LogP contribution in [0.25, 0.3) is 16.3 Å². The molecule has 0 atom stereocenters. The molecule has 0 saturated heterocycles. The molecule has 0 amide bonds. The molecule has 2 heteroatoms. The molecule has 3 aromatic rings. The fourth-order valence-corrected chi connectivity index (χ4v) is 1.85. The van der Waals surface area contributed by atoms with E-state index < -0.39 is 0 Å². The van der Waals surface area contributed by atoms with E-state index in [0.717, 1.165) is 0 Å². The summed E-state index contributed by atoms with van der Waals surface area (Å²) in [6.45, 7) is 0. The summed E-state index contributed by atoms with van der Waals surface area (Å²) >= 11 is 0. The Balaban J connectivity index is 0.000000853. The maximum Gasteiger partial charge on any atom is 0.218 e. The van der Waals surface area contributed by atoms with Gasteiger partial charge in [0.1, 0.15) is 0 Å². The van der Waals surface area contributed by atoms with E-state index >= 15 is 0 Å². The molecule has 1 aromatic carbocycles. The van der Waals surface area contributed by atoms with Crippen LogP contribution in [0.3, 0.4) is 0 Å². The van der Waals surface area contributed by atoms with E-state index in [1.165, 1.54) is 16.3 Å². The molecule has 0 radical (unpaired) electrons. The van der Waals surface area contributed by atoms with E-state index in [4.69, 9.17) is 0 Å². The summed E-state index contributed by atoms with van der Waals surface area (Å²) in [6.07, 6.45) is 4.17. The average Bonchev–Trinajstić information content (AvgIpc) is 2.29. The number of halogens is 1. The first kappa shape index (κ1) is 9.94. The Kier molecular flexibility index (Phi) is 2.57. The van der Waals surface area contributed by atoms with Crippen LogP contribution in [0.2, 0.25) is 0 Å². The van der Waals surface area contributed by atoms with Crippen molar-refractivity contribution in [1.29, 1.82) is 0 Å². The van der Waals surface area contributed by atoms with Gasteiger partial charge < -0.3 is 12.4 Å². The lowest BCUT2D eigenvalue weighted by Crippen LogP contribution is -3.00. The van der Waals surface area contributed by atoms with E-state index in [-0.39, 0.29) is 12.4 Å². The standard InChI is InChI=1S/C13H10N.ClH/c1-2-6-12-11(5-1)8-10-14-9-4-3-7-13(12)14;/h1-10H;1H/q+1;/p-1. The van der Waals surface area contributed by atoms with Crippen LogP contribution in [-0.4, -0.2) is 0 Å². The molecule has 0 fully saturated rings. The first-order valence-electron chi connectivity index (χ1n) is 4.73. The van der Waals surface area contributed by atoms with Gasteiger partial charge in [0.15, 0.2) is 12.4 Å². The molecule has 15 heavy (non-hydrogen) atoms. The van der Waals surface area contributed by atoms with E-state index in [2.05, 4.69) is 59.3 Å². The van der Waals surface area contributed by atoms with Crippen molar-refractivity contribution in [1.82, 2.24) is 0 Å². The predicted molar refractivity (Wildman–Crippen MR) is 57.1 cm³/mol. The summed E-state index contributed by atoms with van der Waals surface area (Å²) in [5.41, 5.74) is 1.26. The van der Waals surface area contributed by atoms with E-state index in [1.807, 2.05) is 6.07 Å². The van der Waals surface area contributed by atoms with E-state index in [0.29, 0.717) is 0 Å². The minimum absolute atomic E-state index is 0. The van der Waals surface area contributed by atoms with Crippen molar-refractivity contribution >= 4 is 16.3 Å². The van der Waals surface area contributed by atoms with Crippen molar-refractivity contribution in [2.75, 3.05) is 0 Å². The average molecular weight is 216 g/mol. The fraction of sp³-hybridized carbons (Fsp3) is 0. The molecule has 2 aromatic heterocycles. The van der Waals surface area contributed by atoms with Crippen molar-refractivity contribution in [2.45, 2.75) is 0 Å². The Hall–Kier alpha value is -1.60. The molecular formula is C13H10ClN. The molecule has 74 valence electrons. The van der Waals surface area contributed by atoms with Crippen LogP contribution < -0.4 is 16.8 Å². The van der Waals surface area contributed by atoms with Crippen LogP contribution in [-0.2, 0) is 0 Å². The molecule has 0 saturated carbocycles. The summed E-state index contributed by atoms with van der Waals surface area (Å²) < 4.78 is 2.14. The number of rotatable bonds is 0. The van der Waals surface area contributed by atoms with Crippen molar-refractivity contribution in [3.8, 4) is 0 Å². The quantitative estimate of drug-likeness (QED) is 0.355. The molecule has 0 aliphatic rings. The van der Waals surface area contributed by atoms with Gasteiger partial charge in [-0.15, -0.1) is 0 Å². The van der Waals surface area contributed by atoms with E-state index in [9.17, 15) is 0 Å².